The first kappa shape index (κ1) is 21.3. The average Bonchev–Trinajstić information content (AvgIpc) is 3.19. The lowest BCUT2D eigenvalue weighted by atomic mass is 10.0. The van der Waals surface area contributed by atoms with E-state index < -0.39 is 0 Å². The van der Waals surface area contributed by atoms with Crippen LogP contribution in [0.2, 0.25) is 0 Å². The molecular formula is C21H25BrN4O3. The van der Waals surface area contributed by atoms with E-state index in [9.17, 15) is 14.7 Å². The number of carbonyl (C=O) groups excluding carboxylic acids is 1. The number of hydrogen-bond acceptors (Lipinski definition) is 5. The predicted octanol–water partition coefficient (Wildman–Crippen LogP) is 3.22. The van der Waals surface area contributed by atoms with E-state index in [1.807, 2.05) is 6.07 Å². The van der Waals surface area contributed by atoms with Crippen LogP contribution in [0.1, 0.15) is 58.4 Å². The Morgan fingerprint density at radius 1 is 1.34 bits per heavy atom. The zero-order valence-electron chi connectivity index (χ0n) is 16.3. The summed E-state index contributed by atoms with van der Waals surface area (Å²) in [4.78, 5) is 27.8. The number of pyridine rings is 1. The molecule has 1 amide bonds. The summed E-state index contributed by atoms with van der Waals surface area (Å²) in [5, 5.41) is 23.6. The lowest BCUT2D eigenvalue weighted by molar-refractivity contribution is 0.0950. The molecule has 0 bridgehead atoms. The number of hydrogen-bond donors (Lipinski definition) is 5. The summed E-state index contributed by atoms with van der Waals surface area (Å²) in [6.07, 6.45) is 5.68. The van der Waals surface area contributed by atoms with E-state index >= 15 is 0 Å². The maximum Gasteiger partial charge on any atom is 0.253 e. The van der Waals surface area contributed by atoms with Gasteiger partial charge < -0.3 is 26.1 Å². The first-order chi connectivity index (χ1) is 13.9. The van der Waals surface area contributed by atoms with Gasteiger partial charge in [0.2, 0.25) is 0 Å². The van der Waals surface area contributed by atoms with Gasteiger partial charge in [-0.25, -0.2) is 0 Å². The van der Waals surface area contributed by atoms with E-state index in [4.69, 9.17) is 5.41 Å². The fraction of sp³-hybridized carbons (Fsp3) is 0.381. The highest BCUT2D eigenvalue weighted by atomic mass is 79.9. The Labute approximate surface area is 177 Å². The molecule has 0 unspecified atom stereocenters. The number of nitrogens with one attached hydrogen (secondary N) is 4. The lowest BCUT2D eigenvalue weighted by Crippen LogP contribution is -2.29. The van der Waals surface area contributed by atoms with Gasteiger partial charge in [0.25, 0.3) is 11.5 Å². The van der Waals surface area contributed by atoms with Gasteiger partial charge in [-0.3, -0.25) is 9.59 Å². The molecule has 154 valence electrons. The Hall–Kier alpha value is -2.45. The van der Waals surface area contributed by atoms with Crippen molar-refractivity contribution in [2.45, 2.75) is 51.8 Å². The molecule has 0 spiro atoms. The van der Waals surface area contributed by atoms with E-state index in [-0.39, 0.29) is 24.6 Å². The molecule has 7 nitrogen and oxygen atoms in total. The molecule has 8 heteroatoms. The minimum absolute atomic E-state index is 0.0142. The number of halogens is 1. The van der Waals surface area contributed by atoms with E-state index in [2.05, 4.69) is 31.5 Å². The van der Waals surface area contributed by atoms with Crippen molar-refractivity contribution < 1.29 is 9.90 Å². The van der Waals surface area contributed by atoms with Gasteiger partial charge in [-0.15, -0.1) is 0 Å². The van der Waals surface area contributed by atoms with E-state index in [0.717, 1.165) is 23.0 Å². The Morgan fingerprint density at radius 3 is 2.72 bits per heavy atom. The summed E-state index contributed by atoms with van der Waals surface area (Å²) >= 11 is 3.45. The molecule has 1 fully saturated rings. The summed E-state index contributed by atoms with van der Waals surface area (Å²) in [5.41, 5.74) is 2.73. The third-order valence-electron chi connectivity index (χ3n) is 5.21. The van der Waals surface area contributed by atoms with Gasteiger partial charge in [0.15, 0.2) is 0 Å². The van der Waals surface area contributed by atoms with E-state index in [1.54, 1.807) is 19.1 Å². The number of amides is 1. The third-order valence-corrected chi connectivity index (χ3v) is 5.67. The number of carbonyl (C=O) groups is 1. The second-order valence-electron chi connectivity index (χ2n) is 7.31. The van der Waals surface area contributed by atoms with Gasteiger partial charge >= 0.3 is 0 Å². The van der Waals surface area contributed by atoms with Crippen molar-refractivity contribution in [3.05, 3.63) is 61.0 Å². The number of rotatable bonds is 7. The van der Waals surface area contributed by atoms with E-state index in [0.29, 0.717) is 34.0 Å². The molecular weight excluding hydrogens is 436 g/mol. The van der Waals surface area contributed by atoms with Crippen LogP contribution < -0.4 is 16.2 Å². The smallest absolute Gasteiger partial charge is 0.253 e. The molecule has 1 aliphatic rings. The Morgan fingerprint density at radius 2 is 2.07 bits per heavy atom. The van der Waals surface area contributed by atoms with Gasteiger partial charge in [-0.05, 0) is 43.5 Å². The number of aryl methyl sites for hydroxylation is 1. The van der Waals surface area contributed by atoms with Crippen LogP contribution in [0.4, 0.5) is 5.69 Å². The van der Waals surface area contributed by atoms with Gasteiger partial charge in [0.1, 0.15) is 0 Å². The zero-order valence-corrected chi connectivity index (χ0v) is 17.9. The molecule has 0 atom stereocenters. The Kier molecular flexibility index (Phi) is 6.87. The highest BCUT2D eigenvalue weighted by molar-refractivity contribution is 9.10. The molecule has 5 N–H and O–H groups in total. The minimum Gasteiger partial charge on any atom is -0.392 e. The van der Waals surface area contributed by atoms with Crippen LogP contribution in [-0.2, 0) is 13.2 Å². The molecule has 0 aliphatic heterocycles. The highest BCUT2D eigenvalue weighted by Gasteiger charge is 2.20. The van der Waals surface area contributed by atoms with Crippen molar-refractivity contribution in [2.75, 3.05) is 5.32 Å². The van der Waals surface area contributed by atoms with Gasteiger partial charge in [0, 0.05) is 45.8 Å². The predicted molar refractivity (Wildman–Crippen MR) is 117 cm³/mol. The molecule has 29 heavy (non-hydrogen) atoms. The van der Waals surface area contributed by atoms with E-state index in [1.165, 1.54) is 19.1 Å². The molecule has 2 aromatic rings. The maximum atomic E-state index is 12.9. The van der Waals surface area contributed by atoms with Crippen molar-refractivity contribution in [3.8, 4) is 0 Å². The largest absolute Gasteiger partial charge is 0.392 e. The quantitative estimate of drug-likeness (QED) is 0.407. The first-order valence-electron chi connectivity index (χ1n) is 9.64. The molecule has 1 aliphatic carbocycles. The molecule has 3 rings (SSSR count). The molecule has 1 aromatic heterocycles. The Balaban J connectivity index is 1.85. The first-order valence-corrected chi connectivity index (χ1v) is 10.4. The molecule has 1 aromatic carbocycles. The summed E-state index contributed by atoms with van der Waals surface area (Å²) in [6.45, 7) is 1.44. The lowest BCUT2D eigenvalue weighted by Gasteiger charge is -2.18. The van der Waals surface area contributed by atoms with Crippen molar-refractivity contribution in [1.29, 1.82) is 5.41 Å². The molecule has 0 saturated heterocycles. The minimum atomic E-state index is -0.386. The average molecular weight is 461 g/mol. The Bertz CT molecular complexity index is 981. The molecule has 1 saturated carbocycles. The monoisotopic (exact) mass is 460 g/mol. The van der Waals surface area contributed by atoms with Crippen molar-refractivity contribution in [1.82, 2.24) is 10.3 Å². The van der Waals surface area contributed by atoms with Crippen molar-refractivity contribution >= 4 is 33.7 Å². The van der Waals surface area contributed by atoms with Crippen LogP contribution in [0.5, 0.6) is 0 Å². The van der Waals surface area contributed by atoms with Crippen molar-refractivity contribution in [3.63, 3.8) is 0 Å². The summed E-state index contributed by atoms with van der Waals surface area (Å²) < 4.78 is 0.734. The fourth-order valence-corrected chi connectivity index (χ4v) is 4.21. The van der Waals surface area contributed by atoms with Crippen LogP contribution in [-0.4, -0.2) is 28.3 Å². The van der Waals surface area contributed by atoms with Gasteiger partial charge in [0.05, 0.1) is 12.2 Å². The number of aromatic nitrogens is 1. The van der Waals surface area contributed by atoms with Gasteiger partial charge in [-0.2, -0.15) is 0 Å². The summed E-state index contributed by atoms with van der Waals surface area (Å²) in [7, 11) is 0. The normalized spacial score (nSPS) is 14.0. The highest BCUT2D eigenvalue weighted by Crippen LogP contribution is 2.29. The second kappa shape index (κ2) is 9.37. The number of anilines is 1. The van der Waals surface area contributed by atoms with Crippen LogP contribution in [0.25, 0.3) is 0 Å². The van der Waals surface area contributed by atoms with Crippen molar-refractivity contribution in [2.24, 2.45) is 0 Å². The molecule has 1 heterocycles. The van der Waals surface area contributed by atoms with Crippen LogP contribution >= 0.6 is 15.9 Å². The topological polar surface area (TPSA) is 118 Å². The van der Waals surface area contributed by atoms with Gasteiger partial charge in [-0.1, -0.05) is 28.8 Å². The fourth-order valence-electron chi connectivity index (χ4n) is 3.75. The third kappa shape index (κ3) is 4.94. The number of benzene rings is 1. The van der Waals surface area contributed by atoms with Crippen LogP contribution in [0.15, 0.2) is 27.5 Å². The summed E-state index contributed by atoms with van der Waals surface area (Å²) in [5.74, 6) is -0.386. The number of aliphatic hydroxyl groups excluding tert-OH is 1. The van der Waals surface area contributed by atoms with Crippen LogP contribution in [0, 0.1) is 12.3 Å². The number of aliphatic hydroxyl groups is 1. The van der Waals surface area contributed by atoms with Crippen LogP contribution in [0.3, 0.4) is 0 Å². The molecule has 0 radical (unpaired) electrons. The maximum absolute atomic E-state index is 12.9. The standard InChI is InChI=1S/C21H25BrN4O3/c1-12-6-13(11-27)18(21(29)25-12)10-24-20(28)16-7-14(22)8-19(17(16)9-23)26-15-4-2-3-5-15/h6-9,15,23,26-27H,2-5,10-11H2,1H3,(H,24,28)(H,25,29). The number of aromatic amines is 1. The summed E-state index contributed by atoms with van der Waals surface area (Å²) in [6, 6.07) is 5.58. The zero-order chi connectivity index (χ0) is 21.0. The number of H-pyrrole nitrogens is 1. The SMILES string of the molecule is Cc1cc(CO)c(CNC(=O)c2cc(Br)cc(NC3CCCC3)c2C=N)c(=O)[nH]1. The second-order valence-corrected chi connectivity index (χ2v) is 8.23.